The van der Waals surface area contributed by atoms with E-state index in [-0.39, 0.29) is 0 Å². The molecule has 0 amide bonds. The summed E-state index contributed by atoms with van der Waals surface area (Å²) in [4.78, 5) is 5.77. The van der Waals surface area contributed by atoms with E-state index in [1.165, 1.54) is 44.1 Å². The van der Waals surface area contributed by atoms with Crippen molar-refractivity contribution in [3.8, 4) is 16.5 Å². The van der Waals surface area contributed by atoms with Gasteiger partial charge in [0.2, 0.25) is 0 Å². The third kappa shape index (κ3) is 4.43. The highest BCUT2D eigenvalue weighted by atomic mass is 79.9. The molecule has 0 aromatic carbocycles. The molecule has 2 aromatic rings. The van der Waals surface area contributed by atoms with Crippen LogP contribution in [0, 0.1) is 11.3 Å². The number of nitrogens with two attached hydrogens (primary N) is 1. The number of thiophene rings is 1. The number of nitriles is 1. The lowest BCUT2D eigenvalue weighted by atomic mass is 9.92. The van der Waals surface area contributed by atoms with Crippen LogP contribution in [0.4, 0.5) is 5.82 Å². The Morgan fingerprint density at radius 3 is 2.24 bits per heavy atom. The number of pyridine rings is 1. The second kappa shape index (κ2) is 8.82. The standard InChI is InChI=1S/C20H24BrN3S/c21-18-12-11-17(25-18)19-14-9-7-5-3-1-2-4-6-8-10-16(14)24-20(23)15(19)13-22/h11-12H,1-10H2,(H2,23,24). The van der Waals surface area contributed by atoms with Crippen LogP contribution in [-0.2, 0) is 12.8 Å². The van der Waals surface area contributed by atoms with Gasteiger partial charge in [-0.15, -0.1) is 11.3 Å². The largest absolute Gasteiger partial charge is 0.383 e. The van der Waals surface area contributed by atoms with Gasteiger partial charge in [-0.2, -0.15) is 5.26 Å². The molecule has 0 atom stereocenters. The zero-order valence-electron chi connectivity index (χ0n) is 14.5. The quantitative estimate of drug-likeness (QED) is 0.596. The zero-order chi connectivity index (χ0) is 17.6. The van der Waals surface area contributed by atoms with Crippen molar-refractivity contribution in [1.82, 2.24) is 4.98 Å². The van der Waals surface area contributed by atoms with Crippen LogP contribution in [0.25, 0.3) is 10.4 Å². The molecule has 5 heteroatoms. The molecule has 0 saturated carbocycles. The van der Waals surface area contributed by atoms with E-state index in [4.69, 9.17) is 5.73 Å². The van der Waals surface area contributed by atoms with E-state index in [1.807, 2.05) is 6.07 Å². The van der Waals surface area contributed by atoms with Gasteiger partial charge < -0.3 is 5.73 Å². The Morgan fingerprint density at radius 2 is 1.64 bits per heavy atom. The molecule has 132 valence electrons. The van der Waals surface area contributed by atoms with E-state index in [0.717, 1.165) is 45.6 Å². The van der Waals surface area contributed by atoms with E-state index >= 15 is 0 Å². The van der Waals surface area contributed by atoms with Crippen LogP contribution < -0.4 is 5.73 Å². The molecule has 2 aromatic heterocycles. The average Bonchev–Trinajstić information content (AvgIpc) is 3.01. The Balaban J connectivity index is 2.09. The molecule has 0 fully saturated rings. The highest BCUT2D eigenvalue weighted by molar-refractivity contribution is 9.11. The number of rotatable bonds is 1. The van der Waals surface area contributed by atoms with E-state index in [2.05, 4.69) is 33.0 Å². The molecule has 0 spiro atoms. The third-order valence-electron chi connectivity index (χ3n) is 4.93. The average molecular weight is 418 g/mol. The van der Waals surface area contributed by atoms with Gasteiger partial charge in [0.1, 0.15) is 17.5 Å². The summed E-state index contributed by atoms with van der Waals surface area (Å²) in [5.41, 5.74) is 10.1. The molecule has 1 aliphatic rings. The highest BCUT2D eigenvalue weighted by Crippen LogP contribution is 2.39. The van der Waals surface area contributed by atoms with Gasteiger partial charge in [-0.05, 0) is 59.3 Å². The van der Waals surface area contributed by atoms with Crippen LogP contribution in [0.3, 0.4) is 0 Å². The maximum Gasteiger partial charge on any atom is 0.142 e. The van der Waals surface area contributed by atoms with Crippen molar-refractivity contribution in [1.29, 1.82) is 5.26 Å². The Hall–Kier alpha value is -1.38. The topological polar surface area (TPSA) is 62.7 Å². The molecule has 1 aliphatic carbocycles. The summed E-state index contributed by atoms with van der Waals surface area (Å²) in [7, 11) is 0. The van der Waals surface area contributed by atoms with Crippen molar-refractivity contribution in [2.75, 3.05) is 5.73 Å². The molecule has 0 unspecified atom stereocenters. The monoisotopic (exact) mass is 417 g/mol. The van der Waals surface area contributed by atoms with Crippen LogP contribution in [0.1, 0.15) is 68.2 Å². The third-order valence-corrected chi connectivity index (χ3v) is 6.57. The SMILES string of the molecule is N#Cc1c(N)nc2c(c1-c1ccc(Br)s1)CCCCCCCCCC2. The molecule has 2 N–H and O–H groups in total. The Morgan fingerprint density at radius 1 is 1.00 bits per heavy atom. The minimum absolute atomic E-state index is 0.382. The first kappa shape index (κ1) is 18.4. The number of nitrogens with zero attached hydrogens (tertiary/aromatic N) is 2. The number of halogens is 1. The first-order chi connectivity index (χ1) is 12.2. The summed E-state index contributed by atoms with van der Waals surface area (Å²) >= 11 is 5.21. The number of fused-ring (bicyclic) bond motifs is 1. The minimum Gasteiger partial charge on any atom is -0.383 e. The fraction of sp³-hybridized carbons (Fsp3) is 0.500. The summed E-state index contributed by atoms with van der Waals surface area (Å²) < 4.78 is 1.07. The summed E-state index contributed by atoms with van der Waals surface area (Å²) in [6.45, 7) is 0. The maximum absolute atomic E-state index is 9.70. The molecule has 0 radical (unpaired) electrons. The normalized spacial score (nSPS) is 16.3. The second-order valence-electron chi connectivity index (χ2n) is 6.72. The maximum atomic E-state index is 9.70. The van der Waals surface area contributed by atoms with Crippen LogP contribution >= 0.6 is 27.3 Å². The number of aryl methyl sites for hydroxylation is 1. The van der Waals surface area contributed by atoms with E-state index in [1.54, 1.807) is 11.3 Å². The predicted octanol–water partition coefficient (Wildman–Crippen LogP) is 6.25. The summed E-state index contributed by atoms with van der Waals surface area (Å²) in [5, 5.41) is 9.70. The molecule has 0 saturated heterocycles. The highest BCUT2D eigenvalue weighted by Gasteiger charge is 2.21. The van der Waals surface area contributed by atoms with E-state index in [0.29, 0.717) is 11.4 Å². The van der Waals surface area contributed by atoms with Gasteiger partial charge >= 0.3 is 0 Å². The smallest absolute Gasteiger partial charge is 0.142 e. The first-order valence-corrected chi connectivity index (χ1v) is 10.8. The van der Waals surface area contributed by atoms with Crippen molar-refractivity contribution in [2.45, 2.75) is 64.2 Å². The lowest BCUT2D eigenvalue weighted by Crippen LogP contribution is -2.08. The molecule has 3 nitrogen and oxygen atoms in total. The molecule has 2 heterocycles. The van der Waals surface area contributed by atoms with Crippen LogP contribution in [0.5, 0.6) is 0 Å². The van der Waals surface area contributed by atoms with Gasteiger partial charge in [-0.3, -0.25) is 0 Å². The lowest BCUT2D eigenvalue weighted by Gasteiger charge is -2.17. The van der Waals surface area contributed by atoms with Crippen molar-refractivity contribution in [3.05, 3.63) is 32.7 Å². The van der Waals surface area contributed by atoms with Crippen molar-refractivity contribution in [2.24, 2.45) is 0 Å². The van der Waals surface area contributed by atoms with Gasteiger partial charge in [0.15, 0.2) is 0 Å². The predicted molar refractivity (Wildman–Crippen MR) is 109 cm³/mol. The van der Waals surface area contributed by atoms with Gasteiger partial charge in [-0.1, -0.05) is 38.5 Å². The van der Waals surface area contributed by atoms with Gasteiger partial charge in [0, 0.05) is 16.1 Å². The van der Waals surface area contributed by atoms with Gasteiger partial charge in [-0.25, -0.2) is 4.98 Å². The summed E-state index contributed by atoms with van der Waals surface area (Å²) in [6.07, 6.45) is 12.1. The lowest BCUT2D eigenvalue weighted by molar-refractivity contribution is 0.557. The number of aromatic nitrogens is 1. The van der Waals surface area contributed by atoms with Gasteiger partial charge in [0.05, 0.1) is 3.79 Å². The zero-order valence-corrected chi connectivity index (χ0v) is 16.9. The van der Waals surface area contributed by atoms with Crippen LogP contribution in [0.2, 0.25) is 0 Å². The summed E-state index contributed by atoms with van der Waals surface area (Å²) in [5.74, 6) is 0.382. The Bertz CT molecular complexity index is 776. The molecular weight excluding hydrogens is 394 g/mol. The van der Waals surface area contributed by atoms with Crippen LogP contribution in [0.15, 0.2) is 15.9 Å². The van der Waals surface area contributed by atoms with Crippen LogP contribution in [-0.4, -0.2) is 4.98 Å². The Labute approximate surface area is 162 Å². The van der Waals surface area contributed by atoms with Gasteiger partial charge in [0.25, 0.3) is 0 Å². The number of hydrogen-bond donors (Lipinski definition) is 1. The Kier molecular flexibility index (Phi) is 6.50. The summed E-state index contributed by atoms with van der Waals surface area (Å²) in [6, 6.07) is 6.44. The molecular formula is C20H24BrN3S. The number of nitrogen functional groups attached to an aromatic ring is 1. The van der Waals surface area contributed by atoms with E-state index < -0.39 is 0 Å². The second-order valence-corrected chi connectivity index (χ2v) is 9.18. The molecule has 25 heavy (non-hydrogen) atoms. The first-order valence-electron chi connectivity index (χ1n) is 9.17. The molecule has 0 bridgehead atoms. The molecule has 0 aliphatic heterocycles. The number of anilines is 1. The fourth-order valence-corrected chi connectivity index (χ4v) is 5.12. The van der Waals surface area contributed by atoms with Crippen molar-refractivity contribution in [3.63, 3.8) is 0 Å². The van der Waals surface area contributed by atoms with Crippen molar-refractivity contribution < 1.29 is 0 Å². The molecule has 3 rings (SSSR count). The van der Waals surface area contributed by atoms with Crippen molar-refractivity contribution >= 4 is 33.1 Å². The minimum atomic E-state index is 0.382. The number of hydrogen-bond acceptors (Lipinski definition) is 4. The van der Waals surface area contributed by atoms with E-state index in [9.17, 15) is 5.26 Å². The fourth-order valence-electron chi connectivity index (χ4n) is 3.66.